The van der Waals surface area contributed by atoms with Crippen LogP contribution in [0.1, 0.15) is 5.56 Å². The Morgan fingerprint density at radius 2 is 1.83 bits per heavy atom. The molecule has 0 amide bonds. The highest BCUT2D eigenvalue weighted by Gasteiger charge is 2.03. The van der Waals surface area contributed by atoms with E-state index in [0.717, 1.165) is 11.4 Å². The smallest absolute Gasteiger partial charge is 0.249 e. The molecular formula is C16H11ClN6. The number of halogens is 1. The highest BCUT2D eigenvalue weighted by Crippen LogP contribution is 2.19. The Bertz CT molecular complexity index is 857. The highest BCUT2D eigenvalue weighted by atomic mass is 35.5. The number of aromatic nitrogens is 3. The topological polar surface area (TPSA) is 86.5 Å². The first kappa shape index (κ1) is 14.8. The van der Waals surface area contributed by atoms with Crippen LogP contribution in [0.15, 0.2) is 54.7 Å². The molecule has 2 aromatic carbocycles. The molecule has 3 rings (SSSR count). The third-order valence-electron chi connectivity index (χ3n) is 2.92. The molecule has 6 nitrogen and oxygen atoms in total. The fourth-order valence-corrected chi connectivity index (χ4v) is 2.02. The second-order valence-electron chi connectivity index (χ2n) is 4.61. The molecule has 0 spiro atoms. The number of nitrogens with zero attached hydrogens (tertiary/aromatic N) is 4. The average Bonchev–Trinajstić information content (AvgIpc) is 2.57. The van der Waals surface area contributed by atoms with Crippen LogP contribution >= 0.6 is 11.6 Å². The van der Waals surface area contributed by atoms with E-state index in [1.54, 1.807) is 30.3 Å². The lowest BCUT2D eigenvalue weighted by Gasteiger charge is -2.08. The molecule has 0 aliphatic rings. The van der Waals surface area contributed by atoms with Crippen molar-refractivity contribution in [1.82, 2.24) is 15.2 Å². The molecule has 0 atom stereocenters. The minimum atomic E-state index is 0.332. The minimum Gasteiger partial charge on any atom is -0.339 e. The summed E-state index contributed by atoms with van der Waals surface area (Å²) in [4.78, 5) is 4.33. The summed E-state index contributed by atoms with van der Waals surface area (Å²) < 4.78 is 0. The van der Waals surface area contributed by atoms with Gasteiger partial charge in [0.1, 0.15) is 0 Å². The Labute approximate surface area is 137 Å². The third kappa shape index (κ3) is 3.93. The molecule has 0 aliphatic carbocycles. The van der Waals surface area contributed by atoms with E-state index in [9.17, 15) is 0 Å². The molecule has 112 valence electrons. The van der Waals surface area contributed by atoms with Crippen LogP contribution in [0.4, 0.5) is 23.1 Å². The zero-order valence-corrected chi connectivity index (χ0v) is 12.6. The maximum absolute atomic E-state index is 8.92. The van der Waals surface area contributed by atoms with Crippen LogP contribution in [-0.4, -0.2) is 15.2 Å². The van der Waals surface area contributed by atoms with E-state index in [1.165, 1.54) is 6.20 Å². The van der Waals surface area contributed by atoms with Crippen LogP contribution in [-0.2, 0) is 0 Å². The predicted molar refractivity (Wildman–Crippen MR) is 89.0 cm³/mol. The van der Waals surface area contributed by atoms with Crippen molar-refractivity contribution in [3.8, 4) is 6.07 Å². The van der Waals surface area contributed by atoms with Crippen LogP contribution in [0, 0.1) is 11.3 Å². The van der Waals surface area contributed by atoms with Gasteiger partial charge in [0.25, 0.3) is 0 Å². The van der Waals surface area contributed by atoms with E-state index in [4.69, 9.17) is 16.9 Å². The summed E-state index contributed by atoms with van der Waals surface area (Å²) in [6.07, 6.45) is 1.52. The maximum atomic E-state index is 8.92. The molecule has 1 aromatic heterocycles. The fraction of sp³-hybridized carbons (Fsp3) is 0. The Morgan fingerprint density at radius 1 is 1.00 bits per heavy atom. The molecule has 7 heteroatoms. The zero-order valence-electron chi connectivity index (χ0n) is 11.9. The molecule has 0 aliphatic heterocycles. The number of hydrogen-bond acceptors (Lipinski definition) is 6. The van der Waals surface area contributed by atoms with E-state index >= 15 is 0 Å². The van der Waals surface area contributed by atoms with Gasteiger partial charge in [0.2, 0.25) is 5.95 Å². The first-order valence-corrected chi connectivity index (χ1v) is 7.10. The van der Waals surface area contributed by atoms with Gasteiger partial charge in [-0.05, 0) is 42.5 Å². The second kappa shape index (κ2) is 6.73. The summed E-state index contributed by atoms with van der Waals surface area (Å²) in [7, 11) is 0. The van der Waals surface area contributed by atoms with Gasteiger partial charge in [-0.1, -0.05) is 17.7 Å². The third-order valence-corrected chi connectivity index (χ3v) is 3.18. The fourth-order valence-electron chi connectivity index (χ4n) is 1.89. The summed E-state index contributed by atoms with van der Waals surface area (Å²) in [6.45, 7) is 0. The van der Waals surface area contributed by atoms with E-state index in [-0.39, 0.29) is 0 Å². The first-order valence-electron chi connectivity index (χ1n) is 6.72. The highest BCUT2D eigenvalue weighted by molar-refractivity contribution is 6.30. The largest absolute Gasteiger partial charge is 0.339 e. The van der Waals surface area contributed by atoms with Gasteiger partial charge in [-0.15, -0.1) is 5.10 Å². The lowest BCUT2D eigenvalue weighted by Crippen LogP contribution is -2.02. The van der Waals surface area contributed by atoms with Gasteiger partial charge >= 0.3 is 0 Å². The van der Waals surface area contributed by atoms with Crippen molar-refractivity contribution >= 4 is 34.7 Å². The summed E-state index contributed by atoms with van der Waals surface area (Å²) in [5.74, 6) is 0.875. The zero-order chi connectivity index (χ0) is 16.1. The van der Waals surface area contributed by atoms with Crippen LogP contribution in [0.3, 0.4) is 0 Å². The maximum Gasteiger partial charge on any atom is 0.249 e. The Hall–Kier alpha value is -3.17. The van der Waals surface area contributed by atoms with E-state index < -0.39 is 0 Å². The van der Waals surface area contributed by atoms with Crippen molar-refractivity contribution in [2.75, 3.05) is 10.6 Å². The van der Waals surface area contributed by atoms with Gasteiger partial charge in [-0.3, -0.25) is 0 Å². The van der Waals surface area contributed by atoms with Gasteiger partial charge in [-0.2, -0.15) is 15.3 Å². The quantitative estimate of drug-likeness (QED) is 0.758. The normalized spacial score (nSPS) is 9.91. The standard InChI is InChI=1S/C16H11ClN6/c17-12-4-6-13(7-5-12)20-15-10-19-23-16(22-15)21-14-3-1-2-11(8-14)9-18/h1-8,10H,(H2,20,21,22,23). The number of nitrogens with one attached hydrogen (secondary N) is 2. The molecule has 3 aromatic rings. The molecule has 2 N–H and O–H groups in total. The van der Waals surface area contributed by atoms with Crippen LogP contribution < -0.4 is 10.6 Å². The summed E-state index contributed by atoms with van der Waals surface area (Å²) in [5.41, 5.74) is 2.11. The number of rotatable bonds is 4. The number of benzene rings is 2. The molecule has 0 radical (unpaired) electrons. The van der Waals surface area contributed by atoms with Gasteiger partial charge in [0, 0.05) is 16.4 Å². The van der Waals surface area contributed by atoms with Crippen LogP contribution in [0.25, 0.3) is 0 Å². The molecular weight excluding hydrogens is 312 g/mol. The summed E-state index contributed by atoms with van der Waals surface area (Å²) in [6, 6.07) is 16.4. The van der Waals surface area contributed by atoms with E-state index in [0.29, 0.717) is 22.4 Å². The number of hydrogen-bond donors (Lipinski definition) is 2. The van der Waals surface area contributed by atoms with Crippen molar-refractivity contribution in [1.29, 1.82) is 5.26 Å². The van der Waals surface area contributed by atoms with Crippen molar-refractivity contribution in [3.63, 3.8) is 0 Å². The van der Waals surface area contributed by atoms with Gasteiger partial charge in [-0.25, -0.2) is 0 Å². The first-order chi connectivity index (χ1) is 11.2. The minimum absolute atomic E-state index is 0.332. The molecule has 0 unspecified atom stereocenters. The Morgan fingerprint density at radius 3 is 2.61 bits per heavy atom. The van der Waals surface area contributed by atoms with Crippen molar-refractivity contribution < 1.29 is 0 Å². The lowest BCUT2D eigenvalue weighted by atomic mass is 10.2. The van der Waals surface area contributed by atoms with Crippen molar-refractivity contribution in [2.24, 2.45) is 0 Å². The van der Waals surface area contributed by atoms with Gasteiger partial charge in [0.15, 0.2) is 5.82 Å². The van der Waals surface area contributed by atoms with Crippen LogP contribution in [0.2, 0.25) is 5.02 Å². The van der Waals surface area contributed by atoms with Crippen molar-refractivity contribution in [3.05, 3.63) is 65.3 Å². The molecule has 0 bridgehead atoms. The number of anilines is 4. The predicted octanol–water partition coefficient (Wildman–Crippen LogP) is 3.88. The molecule has 1 heterocycles. The molecule has 0 saturated carbocycles. The van der Waals surface area contributed by atoms with Crippen molar-refractivity contribution in [2.45, 2.75) is 0 Å². The monoisotopic (exact) mass is 322 g/mol. The SMILES string of the molecule is N#Cc1cccc(Nc2nncc(Nc3ccc(Cl)cc3)n2)c1. The summed E-state index contributed by atoms with van der Waals surface area (Å²) in [5, 5.41) is 23.5. The van der Waals surface area contributed by atoms with Gasteiger partial charge in [0.05, 0.1) is 17.8 Å². The van der Waals surface area contributed by atoms with Crippen LogP contribution in [0.5, 0.6) is 0 Å². The molecule has 0 fully saturated rings. The van der Waals surface area contributed by atoms with E-state index in [1.807, 2.05) is 18.2 Å². The van der Waals surface area contributed by atoms with E-state index in [2.05, 4.69) is 31.9 Å². The Kier molecular flexibility index (Phi) is 4.32. The Balaban J connectivity index is 1.77. The summed E-state index contributed by atoms with van der Waals surface area (Å²) >= 11 is 5.86. The molecule has 0 saturated heterocycles. The lowest BCUT2D eigenvalue weighted by molar-refractivity contribution is 0.982. The average molecular weight is 323 g/mol. The number of nitriles is 1. The second-order valence-corrected chi connectivity index (χ2v) is 5.05. The van der Waals surface area contributed by atoms with Gasteiger partial charge < -0.3 is 10.6 Å². The molecule has 23 heavy (non-hydrogen) atoms.